The molecule has 0 saturated carbocycles. The lowest BCUT2D eigenvalue weighted by atomic mass is 10.2. The molecule has 0 radical (unpaired) electrons. The lowest BCUT2D eigenvalue weighted by Crippen LogP contribution is -2.46. The van der Waals surface area contributed by atoms with Gasteiger partial charge >= 0.3 is 5.97 Å². The van der Waals surface area contributed by atoms with Gasteiger partial charge in [0.15, 0.2) is 0 Å². The van der Waals surface area contributed by atoms with Crippen LogP contribution in [0, 0.1) is 6.92 Å². The molecule has 10 heteroatoms. The average Bonchev–Trinajstić information content (AvgIpc) is 3.15. The highest BCUT2D eigenvalue weighted by atomic mass is 32.2. The number of carbonyl (C=O) groups excluding carboxylic acids is 1. The smallest absolute Gasteiger partial charge is 0.329 e. The number of amides is 1. The molecule has 1 fully saturated rings. The molecule has 1 aromatic rings. The maximum Gasteiger partial charge on any atom is 0.329 e. The Morgan fingerprint density at radius 2 is 2.21 bits per heavy atom. The quantitative estimate of drug-likeness (QED) is 0.636. The first kappa shape index (κ1) is 18.8. The molecule has 1 unspecified atom stereocenters. The monoisotopic (exact) mass is 376 g/mol. The number of nitrogens with zero attached hydrogens (tertiary/aromatic N) is 1. The molecule has 0 bridgehead atoms. The van der Waals surface area contributed by atoms with E-state index in [9.17, 15) is 18.0 Å². The minimum atomic E-state index is -3.68. The Morgan fingerprint density at radius 3 is 2.83 bits per heavy atom. The van der Waals surface area contributed by atoms with Gasteiger partial charge in [-0.3, -0.25) is 4.79 Å². The topological polar surface area (TPSA) is 113 Å². The predicted octanol–water partition coefficient (Wildman–Crippen LogP) is 0.427. The number of hydrogen-bond donors (Lipinski definition) is 2. The molecular formula is C14H20N2O6S2. The summed E-state index contributed by atoms with van der Waals surface area (Å²) < 4.78 is 31.7. The van der Waals surface area contributed by atoms with Crippen molar-refractivity contribution in [3.63, 3.8) is 0 Å². The van der Waals surface area contributed by atoms with Crippen LogP contribution in [0.2, 0.25) is 0 Å². The first-order valence-corrected chi connectivity index (χ1v) is 9.73. The molecule has 1 saturated heterocycles. The van der Waals surface area contributed by atoms with E-state index in [0.717, 1.165) is 4.88 Å². The summed E-state index contributed by atoms with van der Waals surface area (Å²) in [6, 6.07) is 2.56. The van der Waals surface area contributed by atoms with Crippen molar-refractivity contribution in [3.05, 3.63) is 17.0 Å². The van der Waals surface area contributed by atoms with Crippen molar-refractivity contribution < 1.29 is 27.9 Å². The molecule has 8 nitrogen and oxygen atoms in total. The molecule has 1 amide bonds. The fourth-order valence-corrected chi connectivity index (χ4v) is 5.55. The molecule has 0 aromatic carbocycles. The summed E-state index contributed by atoms with van der Waals surface area (Å²) >= 11 is 1.19. The van der Waals surface area contributed by atoms with Crippen LogP contribution in [0.15, 0.2) is 16.3 Å². The Bertz CT molecular complexity index is 700. The van der Waals surface area contributed by atoms with Crippen molar-refractivity contribution in [2.45, 2.75) is 30.0 Å². The van der Waals surface area contributed by atoms with Gasteiger partial charge in [-0.15, -0.1) is 11.3 Å². The highest BCUT2D eigenvalue weighted by Crippen LogP contribution is 2.30. The highest BCUT2D eigenvalue weighted by molar-refractivity contribution is 7.91. The van der Waals surface area contributed by atoms with Crippen molar-refractivity contribution in [2.24, 2.45) is 0 Å². The number of sulfonamides is 1. The van der Waals surface area contributed by atoms with Gasteiger partial charge in [-0.2, -0.15) is 4.31 Å². The molecule has 1 atom stereocenters. The second-order valence-electron chi connectivity index (χ2n) is 5.38. The van der Waals surface area contributed by atoms with Crippen LogP contribution in [-0.2, 0) is 24.3 Å². The minimum Gasteiger partial charge on any atom is -0.480 e. The van der Waals surface area contributed by atoms with Gasteiger partial charge in [-0.25, -0.2) is 13.2 Å². The summed E-state index contributed by atoms with van der Waals surface area (Å²) in [5.74, 6) is -1.47. The van der Waals surface area contributed by atoms with E-state index < -0.39 is 28.6 Å². The minimum absolute atomic E-state index is 0.0572. The molecule has 0 aliphatic carbocycles. The molecule has 2 rings (SSSR count). The van der Waals surface area contributed by atoms with Crippen molar-refractivity contribution in [1.29, 1.82) is 0 Å². The standard InChI is InChI=1S/C14H20N2O6S2/c1-10-4-5-13(23-10)24(20,21)16-7-2-3-11(16)14(19)15-6-8-22-9-12(17)18/h4-5,11H,2-3,6-9H2,1H3,(H,15,19)(H,17,18). The van der Waals surface area contributed by atoms with Crippen molar-refractivity contribution in [1.82, 2.24) is 9.62 Å². The third-order valence-electron chi connectivity index (χ3n) is 3.56. The third-order valence-corrected chi connectivity index (χ3v) is 6.93. The number of carbonyl (C=O) groups is 2. The number of rotatable bonds is 8. The summed E-state index contributed by atoms with van der Waals surface area (Å²) in [5.41, 5.74) is 0. The van der Waals surface area contributed by atoms with Crippen LogP contribution >= 0.6 is 11.3 Å². The molecule has 1 aliphatic rings. The largest absolute Gasteiger partial charge is 0.480 e. The summed E-state index contributed by atoms with van der Waals surface area (Å²) in [6.45, 7) is 1.90. The normalized spacial score (nSPS) is 18.6. The van der Waals surface area contributed by atoms with Gasteiger partial charge in [0, 0.05) is 18.0 Å². The van der Waals surface area contributed by atoms with Gasteiger partial charge in [-0.05, 0) is 31.9 Å². The zero-order valence-corrected chi connectivity index (χ0v) is 14.9. The van der Waals surface area contributed by atoms with Crippen molar-refractivity contribution >= 4 is 33.2 Å². The van der Waals surface area contributed by atoms with Crippen LogP contribution in [0.4, 0.5) is 0 Å². The van der Waals surface area contributed by atoms with E-state index in [2.05, 4.69) is 5.32 Å². The highest BCUT2D eigenvalue weighted by Gasteiger charge is 2.39. The number of nitrogens with one attached hydrogen (secondary N) is 1. The van der Waals surface area contributed by atoms with Crippen LogP contribution in [0.5, 0.6) is 0 Å². The van der Waals surface area contributed by atoms with E-state index in [1.54, 1.807) is 12.1 Å². The molecule has 0 spiro atoms. The Labute approximate surface area is 144 Å². The number of carboxylic acids is 1. The number of carboxylic acid groups (broad SMARTS) is 1. The summed E-state index contributed by atoms with van der Waals surface area (Å²) in [6.07, 6.45) is 1.09. The average molecular weight is 376 g/mol. The number of aryl methyl sites for hydroxylation is 1. The number of aliphatic carboxylic acids is 1. The summed E-state index contributed by atoms with van der Waals surface area (Å²) in [7, 11) is -3.68. The second-order valence-corrected chi connectivity index (χ2v) is 8.78. The van der Waals surface area contributed by atoms with Gasteiger partial charge in [0.2, 0.25) is 5.91 Å². The van der Waals surface area contributed by atoms with Crippen LogP contribution in [-0.4, -0.2) is 62.1 Å². The second kappa shape index (κ2) is 8.06. The Kier molecular flexibility index (Phi) is 6.33. The number of ether oxygens (including phenoxy) is 1. The van der Waals surface area contributed by atoms with Gasteiger partial charge in [0.1, 0.15) is 16.9 Å². The Hall–Kier alpha value is -1.49. The first-order chi connectivity index (χ1) is 11.3. The molecule has 1 aromatic heterocycles. The third kappa shape index (κ3) is 4.53. The summed E-state index contributed by atoms with van der Waals surface area (Å²) in [4.78, 5) is 23.5. The van der Waals surface area contributed by atoms with Gasteiger partial charge in [0.25, 0.3) is 10.0 Å². The van der Waals surface area contributed by atoms with E-state index >= 15 is 0 Å². The van der Waals surface area contributed by atoms with Gasteiger partial charge in [-0.1, -0.05) is 0 Å². The maximum atomic E-state index is 12.7. The van der Waals surface area contributed by atoms with Crippen LogP contribution in [0.3, 0.4) is 0 Å². The van der Waals surface area contributed by atoms with Crippen LogP contribution in [0.25, 0.3) is 0 Å². The zero-order chi connectivity index (χ0) is 17.7. The lowest BCUT2D eigenvalue weighted by molar-refractivity contribution is -0.142. The Balaban J connectivity index is 1.94. The molecular weight excluding hydrogens is 356 g/mol. The lowest BCUT2D eigenvalue weighted by Gasteiger charge is -2.22. The maximum absolute atomic E-state index is 12.7. The fraction of sp³-hybridized carbons (Fsp3) is 0.571. The van der Waals surface area contributed by atoms with E-state index in [4.69, 9.17) is 9.84 Å². The van der Waals surface area contributed by atoms with Gasteiger partial charge < -0.3 is 15.2 Å². The predicted molar refractivity (Wildman–Crippen MR) is 87.4 cm³/mol. The SMILES string of the molecule is Cc1ccc(S(=O)(=O)N2CCCC2C(=O)NCCOCC(=O)O)s1. The Morgan fingerprint density at radius 1 is 1.46 bits per heavy atom. The molecule has 2 N–H and O–H groups in total. The zero-order valence-electron chi connectivity index (χ0n) is 13.2. The van der Waals surface area contributed by atoms with Crippen LogP contribution < -0.4 is 5.32 Å². The van der Waals surface area contributed by atoms with Crippen molar-refractivity contribution in [3.8, 4) is 0 Å². The molecule has 2 heterocycles. The molecule has 134 valence electrons. The van der Waals surface area contributed by atoms with E-state index in [0.29, 0.717) is 19.4 Å². The first-order valence-electron chi connectivity index (χ1n) is 7.48. The number of hydrogen-bond acceptors (Lipinski definition) is 6. The fourth-order valence-electron chi connectivity index (χ4n) is 2.48. The van der Waals surface area contributed by atoms with E-state index in [1.807, 2.05) is 6.92 Å². The number of thiophene rings is 1. The molecule has 24 heavy (non-hydrogen) atoms. The van der Waals surface area contributed by atoms with Gasteiger partial charge in [0.05, 0.1) is 6.61 Å². The van der Waals surface area contributed by atoms with E-state index in [1.165, 1.54) is 15.6 Å². The summed E-state index contributed by atoms with van der Waals surface area (Å²) in [5, 5.41) is 11.0. The molecule has 1 aliphatic heterocycles. The van der Waals surface area contributed by atoms with Crippen LogP contribution in [0.1, 0.15) is 17.7 Å². The van der Waals surface area contributed by atoms with Crippen molar-refractivity contribution in [2.75, 3.05) is 26.3 Å². The van der Waals surface area contributed by atoms with E-state index in [-0.39, 0.29) is 23.3 Å².